The first-order chi connectivity index (χ1) is 15.3. The molecule has 2 heterocycles. The second-order valence-electron chi connectivity index (χ2n) is 8.06. The second kappa shape index (κ2) is 9.38. The molecule has 0 bridgehead atoms. The van der Waals surface area contributed by atoms with Crippen LogP contribution in [0.1, 0.15) is 25.8 Å². The minimum Gasteiger partial charge on any atom is -0.448 e. The van der Waals surface area contributed by atoms with Crippen LogP contribution in [0.4, 0.5) is 5.69 Å². The predicted octanol–water partition coefficient (Wildman–Crippen LogP) is 5.88. The van der Waals surface area contributed by atoms with Crippen molar-refractivity contribution in [3.05, 3.63) is 63.4 Å². The zero-order valence-corrected chi connectivity index (χ0v) is 19.7. The first kappa shape index (κ1) is 22.4. The molecule has 0 spiro atoms. The van der Waals surface area contributed by atoms with Gasteiger partial charge in [-0.2, -0.15) is 0 Å². The number of aromatic nitrogens is 2. The molecule has 32 heavy (non-hydrogen) atoms. The molecule has 1 N–H and O–H groups in total. The van der Waals surface area contributed by atoms with E-state index in [1.165, 1.54) is 11.8 Å². The highest BCUT2D eigenvalue weighted by Crippen LogP contribution is 2.28. The molecule has 2 aromatic carbocycles. The Bertz CT molecular complexity index is 1360. The number of halogens is 1. The van der Waals surface area contributed by atoms with Gasteiger partial charge in [0.05, 0.1) is 5.75 Å². The van der Waals surface area contributed by atoms with E-state index in [-0.39, 0.29) is 22.8 Å². The van der Waals surface area contributed by atoms with E-state index < -0.39 is 0 Å². The van der Waals surface area contributed by atoms with Crippen LogP contribution in [0.3, 0.4) is 0 Å². The van der Waals surface area contributed by atoms with E-state index in [2.05, 4.69) is 19.2 Å². The van der Waals surface area contributed by atoms with Crippen LogP contribution in [0.15, 0.2) is 56.8 Å². The standard InChI is InChI=1S/C24H24ClN3O3S/c1-14(2)11-12-28-23(30)22-21(16-7-4-5-10-19(16)31-22)27-24(28)32-13-20(29)26-18-9-6-8-17(25)15(18)3/h4-10,14H,11-13H2,1-3H3,(H,26,29). The number of nitrogens with zero attached hydrogens (tertiary/aromatic N) is 2. The van der Waals surface area contributed by atoms with Gasteiger partial charge in [0.2, 0.25) is 11.5 Å². The summed E-state index contributed by atoms with van der Waals surface area (Å²) in [7, 11) is 0. The Morgan fingerprint density at radius 3 is 2.78 bits per heavy atom. The predicted molar refractivity (Wildman–Crippen MR) is 131 cm³/mol. The van der Waals surface area contributed by atoms with Gasteiger partial charge in [0.15, 0.2) is 5.16 Å². The smallest absolute Gasteiger partial charge is 0.297 e. The van der Waals surface area contributed by atoms with Crippen LogP contribution in [0.25, 0.3) is 22.1 Å². The van der Waals surface area contributed by atoms with Crippen LogP contribution >= 0.6 is 23.4 Å². The summed E-state index contributed by atoms with van der Waals surface area (Å²) >= 11 is 7.39. The van der Waals surface area contributed by atoms with Gasteiger partial charge in [-0.1, -0.05) is 55.4 Å². The molecular formula is C24H24ClN3O3S. The number of fused-ring (bicyclic) bond motifs is 3. The fourth-order valence-electron chi connectivity index (χ4n) is 3.41. The van der Waals surface area contributed by atoms with Crippen LogP contribution in [0.5, 0.6) is 0 Å². The van der Waals surface area contributed by atoms with Crippen molar-refractivity contribution in [2.24, 2.45) is 5.92 Å². The lowest BCUT2D eigenvalue weighted by atomic mass is 10.1. The van der Waals surface area contributed by atoms with Gasteiger partial charge in [-0.25, -0.2) is 4.98 Å². The van der Waals surface area contributed by atoms with Crippen LogP contribution in [0.2, 0.25) is 5.02 Å². The highest BCUT2D eigenvalue weighted by molar-refractivity contribution is 7.99. The Kier molecular flexibility index (Phi) is 6.58. The molecule has 1 amide bonds. The molecule has 0 atom stereocenters. The number of carbonyl (C=O) groups is 1. The van der Waals surface area contributed by atoms with E-state index in [4.69, 9.17) is 21.0 Å². The van der Waals surface area contributed by atoms with Gasteiger partial charge in [-0.05, 0) is 49.1 Å². The van der Waals surface area contributed by atoms with Crippen molar-refractivity contribution >= 4 is 57.0 Å². The van der Waals surface area contributed by atoms with Crippen molar-refractivity contribution in [2.75, 3.05) is 11.1 Å². The third-order valence-corrected chi connectivity index (χ3v) is 6.64. The van der Waals surface area contributed by atoms with Gasteiger partial charge in [0.1, 0.15) is 11.1 Å². The normalized spacial score (nSPS) is 11.5. The number of rotatable bonds is 7. The van der Waals surface area contributed by atoms with Crippen molar-refractivity contribution in [2.45, 2.75) is 38.9 Å². The van der Waals surface area contributed by atoms with Crippen LogP contribution in [0, 0.1) is 12.8 Å². The number of benzene rings is 2. The van der Waals surface area contributed by atoms with Crippen molar-refractivity contribution < 1.29 is 9.21 Å². The summed E-state index contributed by atoms with van der Waals surface area (Å²) in [6.45, 7) is 6.57. The summed E-state index contributed by atoms with van der Waals surface area (Å²) in [6.07, 6.45) is 0.814. The second-order valence-corrected chi connectivity index (χ2v) is 9.41. The van der Waals surface area contributed by atoms with Crippen molar-refractivity contribution in [3.8, 4) is 0 Å². The first-order valence-electron chi connectivity index (χ1n) is 10.4. The number of furan rings is 1. The zero-order chi connectivity index (χ0) is 22.8. The zero-order valence-electron chi connectivity index (χ0n) is 18.1. The van der Waals surface area contributed by atoms with E-state index in [1.54, 1.807) is 16.7 Å². The van der Waals surface area contributed by atoms with Gasteiger partial charge in [-0.3, -0.25) is 14.2 Å². The van der Waals surface area contributed by atoms with Crippen molar-refractivity contribution in [3.63, 3.8) is 0 Å². The number of hydrogen-bond donors (Lipinski definition) is 1. The number of thioether (sulfide) groups is 1. The SMILES string of the molecule is Cc1c(Cl)cccc1NC(=O)CSc1nc2c(oc3ccccc32)c(=O)n1CCC(C)C. The lowest BCUT2D eigenvalue weighted by molar-refractivity contribution is -0.113. The van der Waals surface area contributed by atoms with Crippen LogP contribution in [-0.2, 0) is 11.3 Å². The number of anilines is 1. The molecular weight excluding hydrogens is 446 g/mol. The molecule has 0 saturated heterocycles. The molecule has 0 fully saturated rings. The Morgan fingerprint density at radius 2 is 2.00 bits per heavy atom. The van der Waals surface area contributed by atoms with Crippen molar-refractivity contribution in [1.29, 1.82) is 0 Å². The van der Waals surface area contributed by atoms with E-state index in [9.17, 15) is 9.59 Å². The fourth-order valence-corrected chi connectivity index (χ4v) is 4.40. The molecule has 0 aliphatic carbocycles. The summed E-state index contributed by atoms with van der Waals surface area (Å²) < 4.78 is 7.44. The van der Waals surface area contributed by atoms with Gasteiger partial charge in [0.25, 0.3) is 5.56 Å². The lowest BCUT2D eigenvalue weighted by Crippen LogP contribution is -2.24. The highest BCUT2D eigenvalue weighted by atomic mass is 35.5. The maximum atomic E-state index is 13.2. The van der Waals surface area contributed by atoms with Crippen LogP contribution in [-0.4, -0.2) is 21.2 Å². The number of amides is 1. The third kappa shape index (κ3) is 4.54. The maximum Gasteiger partial charge on any atom is 0.297 e. The monoisotopic (exact) mass is 469 g/mol. The Morgan fingerprint density at radius 1 is 1.22 bits per heavy atom. The molecule has 0 unspecified atom stereocenters. The number of para-hydroxylation sites is 1. The number of hydrogen-bond acceptors (Lipinski definition) is 5. The highest BCUT2D eigenvalue weighted by Gasteiger charge is 2.19. The molecule has 0 aliphatic heterocycles. The van der Waals surface area contributed by atoms with Crippen molar-refractivity contribution in [1.82, 2.24) is 9.55 Å². The van der Waals surface area contributed by atoms with Gasteiger partial charge in [0, 0.05) is 22.6 Å². The molecule has 2 aromatic heterocycles. The third-order valence-electron chi connectivity index (χ3n) is 5.25. The summed E-state index contributed by atoms with van der Waals surface area (Å²) in [6, 6.07) is 12.8. The first-order valence-corrected chi connectivity index (χ1v) is 11.8. The lowest BCUT2D eigenvalue weighted by Gasteiger charge is -2.13. The van der Waals surface area contributed by atoms with E-state index in [0.29, 0.717) is 39.4 Å². The van der Waals surface area contributed by atoms with Gasteiger partial charge < -0.3 is 9.73 Å². The number of carbonyl (C=O) groups excluding carboxylic acids is 1. The largest absolute Gasteiger partial charge is 0.448 e. The van der Waals surface area contributed by atoms with Crippen LogP contribution < -0.4 is 10.9 Å². The molecule has 0 aliphatic rings. The fraction of sp³-hybridized carbons (Fsp3) is 0.292. The molecule has 4 rings (SSSR count). The summed E-state index contributed by atoms with van der Waals surface area (Å²) in [5.74, 6) is 0.337. The molecule has 8 heteroatoms. The van der Waals surface area contributed by atoms with E-state index >= 15 is 0 Å². The minimum absolute atomic E-state index is 0.112. The average Bonchev–Trinajstić information content (AvgIpc) is 3.14. The summed E-state index contributed by atoms with van der Waals surface area (Å²) in [5, 5.41) is 4.78. The van der Waals surface area contributed by atoms with Gasteiger partial charge >= 0.3 is 0 Å². The summed E-state index contributed by atoms with van der Waals surface area (Å²) in [4.78, 5) is 30.6. The molecule has 0 radical (unpaired) electrons. The van der Waals surface area contributed by atoms with Gasteiger partial charge in [-0.15, -0.1) is 0 Å². The number of nitrogens with one attached hydrogen (secondary N) is 1. The maximum absolute atomic E-state index is 13.2. The van der Waals surface area contributed by atoms with E-state index in [0.717, 1.165) is 17.4 Å². The Hall–Kier alpha value is -2.77. The molecule has 166 valence electrons. The minimum atomic E-state index is -0.222. The Balaban J connectivity index is 1.65. The summed E-state index contributed by atoms with van der Waals surface area (Å²) in [5.41, 5.74) is 2.66. The average molecular weight is 470 g/mol. The molecule has 0 saturated carbocycles. The van der Waals surface area contributed by atoms with E-state index in [1.807, 2.05) is 37.3 Å². The Labute approximate surface area is 195 Å². The topological polar surface area (TPSA) is 77.1 Å². The molecule has 4 aromatic rings. The quantitative estimate of drug-likeness (QED) is 0.270. The molecule has 6 nitrogen and oxygen atoms in total.